The molecule has 0 spiro atoms. The lowest BCUT2D eigenvalue weighted by Crippen LogP contribution is -2.53. The van der Waals surface area contributed by atoms with Crippen molar-refractivity contribution in [2.45, 2.75) is 26.1 Å². The second-order valence-electron chi connectivity index (χ2n) is 5.34. The summed E-state index contributed by atoms with van der Waals surface area (Å²) in [6.07, 6.45) is -0.556. The molecule has 1 aromatic carbocycles. The van der Waals surface area contributed by atoms with Crippen molar-refractivity contribution >= 4 is 5.78 Å². The number of nitrogens with zero attached hydrogens (tertiary/aromatic N) is 1. The smallest absolute Gasteiger partial charge is 0.157 e. The Labute approximate surface area is 114 Å². The number of nitrogens with one attached hydrogen (secondary N) is 1. The van der Waals surface area contributed by atoms with Crippen LogP contribution < -0.4 is 5.32 Å². The van der Waals surface area contributed by atoms with Crippen molar-refractivity contribution < 1.29 is 9.90 Å². The average molecular weight is 262 g/mol. The van der Waals surface area contributed by atoms with Crippen LogP contribution in [0.15, 0.2) is 30.3 Å². The van der Waals surface area contributed by atoms with Gasteiger partial charge in [-0.3, -0.25) is 15.0 Å². The van der Waals surface area contributed by atoms with Crippen molar-refractivity contribution in [1.29, 1.82) is 0 Å². The van der Waals surface area contributed by atoms with Gasteiger partial charge in [0.2, 0.25) is 0 Å². The maximum atomic E-state index is 12.5. The van der Waals surface area contributed by atoms with Crippen LogP contribution in [0.1, 0.15) is 25.5 Å². The summed E-state index contributed by atoms with van der Waals surface area (Å²) in [6.45, 7) is 5.82. The summed E-state index contributed by atoms with van der Waals surface area (Å²) in [5.74, 6) is 0.192. The van der Waals surface area contributed by atoms with Gasteiger partial charge in [0.1, 0.15) is 6.23 Å². The van der Waals surface area contributed by atoms with Crippen LogP contribution in [0.3, 0.4) is 0 Å². The molecule has 2 atom stereocenters. The number of carbonyl (C=O) groups is 1. The summed E-state index contributed by atoms with van der Waals surface area (Å²) < 4.78 is 0. The van der Waals surface area contributed by atoms with Crippen LogP contribution in [0.4, 0.5) is 0 Å². The highest BCUT2D eigenvalue weighted by molar-refractivity contribution is 5.87. The van der Waals surface area contributed by atoms with Gasteiger partial charge < -0.3 is 5.11 Å². The number of rotatable bonds is 4. The molecule has 2 N–H and O–H groups in total. The number of Topliss-reactive ketones (excluding diaryl/α,β-unsaturated/α-hetero) is 1. The minimum atomic E-state index is -0.556. The Morgan fingerprint density at radius 3 is 2.63 bits per heavy atom. The van der Waals surface area contributed by atoms with E-state index in [1.807, 2.05) is 44.2 Å². The van der Waals surface area contributed by atoms with E-state index in [1.165, 1.54) is 0 Å². The molecule has 4 heteroatoms. The number of hydrogen-bond donors (Lipinski definition) is 2. The van der Waals surface area contributed by atoms with Crippen LogP contribution in [0, 0.1) is 5.92 Å². The van der Waals surface area contributed by atoms with Crippen molar-refractivity contribution in [3.63, 3.8) is 0 Å². The molecular weight excluding hydrogens is 240 g/mol. The molecule has 0 radical (unpaired) electrons. The molecule has 19 heavy (non-hydrogen) atoms. The van der Waals surface area contributed by atoms with Crippen LogP contribution >= 0.6 is 0 Å². The van der Waals surface area contributed by atoms with Gasteiger partial charge in [0.15, 0.2) is 5.78 Å². The fourth-order valence-electron chi connectivity index (χ4n) is 2.49. The first kappa shape index (κ1) is 14.2. The topological polar surface area (TPSA) is 52.6 Å². The lowest BCUT2D eigenvalue weighted by Gasteiger charge is -2.37. The third-order valence-electron chi connectivity index (χ3n) is 3.51. The summed E-state index contributed by atoms with van der Waals surface area (Å²) in [6, 6.07) is 9.58. The monoisotopic (exact) mass is 262 g/mol. The maximum Gasteiger partial charge on any atom is 0.157 e. The minimum Gasteiger partial charge on any atom is -0.377 e. The Morgan fingerprint density at radius 2 is 2.05 bits per heavy atom. The van der Waals surface area contributed by atoms with Gasteiger partial charge in [0, 0.05) is 25.6 Å². The zero-order valence-electron chi connectivity index (χ0n) is 11.5. The number of β-amino-alcohol motifs (C(OH)–C–C–N with tert-alkyl or cyclic N) is 1. The van der Waals surface area contributed by atoms with Gasteiger partial charge in [0.25, 0.3) is 0 Å². The molecule has 1 aliphatic heterocycles. The molecule has 1 unspecified atom stereocenters. The first-order valence-electron chi connectivity index (χ1n) is 6.83. The largest absolute Gasteiger partial charge is 0.377 e. The fourth-order valence-corrected chi connectivity index (χ4v) is 2.49. The van der Waals surface area contributed by atoms with Crippen molar-refractivity contribution in [2.24, 2.45) is 5.92 Å². The number of aliphatic hydroxyl groups excluding tert-OH is 1. The Bertz CT molecular complexity index is 419. The van der Waals surface area contributed by atoms with Crippen LogP contribution in [0.2, 0.25) is 0 Å². The number of ketones is 1. The zero-order chi connectivity index (χ0) is 13.8. The standard InChI is InChI=1S/C15H22N2O2/c1-11(2)15(19)14(12-6-4-3-5-7-12)17-9-8-16-13(18)10-17/h3-7,11,13-14,16,18H,8-10H2,1-2H3/t13?,14-/m1/s1. The van der Waals surface area contributed by atoms with E-state index < -0.39 is 6.23 Å². The number of hydrogen-bond acceptors (Lipinski definition) is 4. The fraction of sp³-hybridized carbons (Fsp3) is 0.533. The molecule has 0 aliphatic carbocycles. The highest BCUT2D eigenvalue weighted by Crippen LogP contribution is 2.25. The van der Waals surface area contributed by atoms with Crippen LogP contribution in [0.5, 0.6) is 0 Å². The molecule has 1 aromatic rings. The quantitative estimate of drug-likeness (QED) is 0.855. The SMILES string of the molecule is CC(C)C(=O)[C@@H](c1ccccc1)N1CCNC(O)C1. The number of aliphatic hydroxyl groups is 1. The molecule has 104 valence electrons. The maximum absolute atomic E-state index is 12.5. The van der Waals surface area contributed by atoms with Gasteiger partial charge in [-0.15, -0.1) is 0 Å². The van der Waals surface area contributed by atoms with Crippen molar-refractivity contribution in [3.8, 4) is 0 Å². The van der Waals surface area contributed by atoms with Crippen LogP contribution in [-0.2, 0) is 4.79 Å². The van der Waals surface area contributed by atoms with Crippen molar-refractivity contribution in [1.82, 2.24) is 10.2 Å². The van der Waals surface area contributed by atoms with E-state index in [-0.39, 0.29) is 17.7 Å². The Kier molecular flexibility index (Phi) is 4.69. The van der Waals surface area contributed by atoms with Crippen LogP contribution in [-0.4, -0.2) is 41.7 Å². The molecule has 0 saturated carbocycles. The van der Waals surface area contributed by atoms with Gasteiger partial charge in [-0.05, 0) is 5.56 Å². The highest BCUT2D eigenvalue weighted by Gasteiger charge is 2.31. The molecule has 1 aliphatic rings. The average Bonchev–Trinajstić information content (AvgIpc) is 2.40. The summed E-state index contributed by atoms with van der Waals surface area (Å²) >= 11 is 0. The van der Waals surface area contributed by atoms with Crippen molar-refractivity contribution in [2.75, 3.05) is 19.6 Å². The van der Waals surface area contributed by atoms with Crippen LogP contribution in [0.25, 0.3) is 0 Å². The molecule has 0 bridgehead atoms. The zero-order valence-corrected chi connectivity index (χ0v) is 11.5. The van der Waals surface area contributed by atoms with E-state index in [1.54, 1.807) is 0 Å². The predicted molar refractivity (Wildman–Crippen MR) is 74.6 cm³/mol. The van der Waals surface area contributed by atoms with Gasteiger partial charge >= 0.3 is 0 Å². The van der Waals surface area contributed by atoms with E-state index >= 15 is 0 Å². The summed E-state index contributed by atoms with van der Waals surface area (Å²) in [5, 5.41) is 12.7. The predicted octanol–water partition coefficient (Wildman–Crippen LogP) is 1.18. The number of carbonyl (C=O) groups excluding carboxylic acids is 1. The second kappa shape index (κ2) is 6.28. The van der Waals surface area contributed by atoms with Gasteiger partial charge in [-0.2, -0.15) is 0 Å². The first-order chi connectivity index (χ1) is 9.09. The van der Waals surface area contributed by atoms with E-state index in [9.17, 15) is 9.90 Å². The normalized spacial score (nSPS) is 22.4. The van der Waals surface area contributed by atoms with Gasteiger partial charge in [-0.25, -0.2) is 0 Å². The summed E-state index contributed by atoms with van der Waals surface area (Å²) in [4.78, 5) is 14.6. The molecule has 1 saturated heterocycles. The van der Waals surface area contributed by atoms with E-state index in [0.29, 0.717) is 13.1 Å². The number of piperazine rings is 1. The number of benzene rings is 1. The Morgan fingerprint density at radius 1 is 1.37 bits per heavy atom. The van der Waals surface area contributed by atoms with E-state index in [4.69, 9.17) is 0 Å². The van der Waals surface area contributed by atoms with Gasteiger partial charge in [-0.1, -0.05) is 44.2 Å². The summed E-state index contributed by atoms with van der Waals surface area (Å²) in [5.41, 5.74) is 1.01. The third kappa shape index (κ3) is 3.41. The van der Waals surface area contributed by atoms with E-state index in [2.05, 4.69) is 10.2 Å². The Hall–Kier alpha value is -1.23. The highest BCUT2D eigenvalue weighted by atomic mass is 16.3. The third-order valence-corrected chi connectivity index (χ3v) is 3.51. The van der Waals surface area contributed by atoms with E-state index in [0.717, 1.165) is 12.1 Å². The minimum absolute atomic E-state index is 0.0164. The molecule has 1 fully saturated rings. The second-order valence-corrected chi connectivity index (χ2v) is 5.34. The molecule has 2 rings (SSSR count). The molecular formula is C15H22N2O2. The molecule has 0 aromatic heterocycles. The van der Waals surface area contributed by atoms with Crippen molar-refractivity contribution in [3.05, 3.63) is 35.9 Å². The first-order valence-corrected chi connectivity index (χ1v) is 6.83. The summed E-state index contributed by atoms with van der Waals surface area (Å²) in [7, 11) is 0. The molecule has 0 amide bonds. The Balaban J connectivity index is 2.26. The lowest BCUT2D eigenvalue weighted by molar-refractivity contribution is -0.128. The molecule has 1 heterocycles. The lowest BCUT2D eigenvalue weighted by atomic mass is 9.93. The molecule has 4 nitrogen and oxygen atoms in total. The van der Waals surface area contributed by atoms with Gasteiger partial charge in [0.05, 0.1) is 6.04 Å².